The molecule has 0 spiro atoms. The Labute approximate surface area is 206 Å². The molecule has 0 radical (unpaired) electrons. The Morgan fingerprint density at radius 2 is 1.80 bits per heavy atom. The molecule has 2 N–H and O–H groups in total. The summed E-state index contributed by atoms with van der Waals surface area (Å²) in [6.07, 6.45) is 5.59. The molecule has 0 atom stereocenters. The van der Waals surface area contributed by atoms with Crippen molar-refractivity contribution in [2.24, 2.45) is 0 Å². The van der Waals surface area contributed by atoms with E-state index in [-0.39, 0.29) is 12.1 Å². The number of rotatable bonds is 4. The summed E-state index contributed by atoms with van der Waals surface area (Å²) < 4.78 is 1.93. The molecule has 0 aliphatic carbocycles. The first-order chi connectivity index (χ1) is 17.0. The fraction of sp³-hybridized carbons (Fsp3) is 0.444. The Kier molecular flexibility index (Phi) is 6.35. The van der Waals surface area contributed by atoms with E-state index >= 15 is 0 Å². The van der Waals surface area contributed by atoms with Gasteiger partial charge in [0.2, 0.25) is 0 Å². The summed E-state index contributed by atoms with van der Waals surface area (Å²) in [5.41, 5.74) is 5.11. The summed E-state index contributed by atoms with van der Waals surface area (Å²) in [5, 5.41) is 20.8. The number of nitrogens with one attached hydrogen (secondary N) is 2. The van der Waals surface area contributed by atoms with Gasteiger partial charge in [0.05, 0.1) is 22.7 Å². The van der Waals surface area contributed by atoms with E-state index in [9.17, 15) is 10.1 Å². The number of nitriles is 1. The number of piperazine rings is 1. The summed E-state index contributed by atoms with van der Waals surface area (Å²) >= 11 is 0. The van der Waals surface area contributed by atoms with E-state index < -0.39 is 5.41 Å². The van der Waals surface area contributed by atoms with Crippen molar-refractivity contribution >= 4 is 17.2 Å². The highest BCUT2D eigenvalue weighted by molar-refractivity contribution is 5.80. The Hall–Kier alpha value is -3.57. The lowest BCUT2D eigenvalue weighted by atomic mass is 9.74. The number of aromatic nitrogens is 2. The third-order valence-corrected chi connectivity index (χ3v) is 7.25. The van der Waals surface area contributed by atoms with Crippen LogP contribution in [0.15, 0.2) is 48.8 Å². The maximum Gasteiger partial charge on any atom is 0.317 e. The van der Waals surface area contributed by atoms with E-state index in [4.69, 9.17) is 0 Å². The highest BCUT2D eigenvalue weighted by Gasteiger charge is 2.34. The number of benzene rings is 1. The quantitative estimate of drug-likeness (QED) is 0.609. The van der Waals surface area contributed by atoms with Crippen LogP contribution in [0.1, 0.15) is 32.3 Å². The predicted octanol–water partition coefficient (Wildman–Crippen LogP) is 3.39. The van der Waals surface area contributed by atoms with Gasteiger partial charge in [0.1, 0.15) is 0 Å². The number of hydrogen-bond donors (Lipinski definition) is 2. The zero-order valence-corrected chi connectivity index (χ0v) is 20.5. The van der Waals surface area contributed by atoms with Crippen LogP contribution in [-0.2, 0) is 5.41 Å². The molecule has 3 aromatic rings. The normalized spacial score (nSPS) is 18.0. The van der Waals surface area contributed by atoms with Crippen molar-refractivity contribution in [3.05, 3.63) is 54.4 Å². The molecule has 2 amide bonds. The maximum atomic E-state index is 12.3. The molecular weight excluding hydrogens is 438 g/mol. The SMILES string of the molecule is CC(C)NC(=O)N1CCN(c2ccnn3cc(-c4ccc(C5(C#N)CCNCC5)cc4)cc23)CC1. The lowest BCUT2D eigenvalue weighted by molar-refractivity contribution is 0.192. The highest BCUT2D eigenvalue weighted by Crippen LogP contribution is 2.35. The molecule has 0 unspecified atom stereocenters. The molecule has 8 heteroatoms. The number of piperidine rings is 1. The van der Waals surface area contributed by atoms with Gasteiger partial charge in [0, 0.05) is 50.2 Å². The molecular formula is C27H33N7O. The van der Waals surface area contributed by atoms with Crippen molar-refractivity contribution in [2.45, 2.75) is 38.1 Å². The van der Waals surface area contributed by atoms with Gasteiger partial charge in [-0.3, -0.25) is 0 Å². The highest BCUT2D eigenvalue weighted by atomic mass is 16.2. The lowest BCUT2D eigenvalue weighted by Gasteiger charge is -2.36. The first kappa shape index (κ1) is 23.2. The average molecular weight is 472 g/mol. The predicted molar refractivity (Wildman–Crippen MR) is 137 cm³/mol. The summed E-state index contributed by atoms with van der Waals surface area (Å²) in [6, 6.07) is 15.4. The van der Waals surface area contributed by atoms with Gasteiger partial charge in [-0.1, -0.05) is 24.3 Å². The number of hydrogen-bond acceptors (Lipinski definition) is 5. The lowest BCUT2D eigenvalue weighted by Crippen LogP contribution is -2.53. The van der Waals surface area contributed by atoms with E-state index in [2.05, 4.69) is 69.3 Å². The zero-order chi connectivity index (χ0) is 24.4. The molecule has 2 saturated heterocycles. The van der Waals surface area contributed by atoms with Crippen LogP contribution in [0.4, 0.5) is 10.5 Å². The standard InChI is InChI=1S/C27H33N7O/c1-20(2)31-26(35)33-15-13-32(14-16-33)24-7-10-30-34-18-22(17-25(24)34)21-3-5-23(6-4-21)27(19-28)8-11-29-12-9-27/h3-7,10,17-18,20,29H,8-9,11-16H2,1-2H3,(H,31,35). The number of carbonyl (C=O) groups is 1. The Morgan fingerprint density at radius 1 is 1.09 bits per heavy atom. The van der Waals surface area contributed by atoms with Gasteiger partial charge in [0.25, 0.3) is 0 Å². The minimum atomic E-state index is -0.391. The van der Waals surface area contributed by atoms with Crippen molar-refractivity contribution in [2.75, 3.05) is 44.2 Å². The molecule has 8 nitrogen and oxygen atoms in total. The van der Waals surface area contributed by atoms with E-state index in [1.54, 1.807) is 0 Å². The second-order valence-electron chi connectivity index (χ2n) is 9.87. The Balaban J connectivity index is 1.35. The molecule has 5 rings (SSSR count). The van der Waals surface area contributed by atoms with Crippen molar-refractivity contribution < 1.29 is 4.79 Å². The topological polar surface area (TPSA) is 88.7 Å². The second-order valence-corrected chi connectivity index (χ2v) is 9.87. The van der Waals surface area contributed by atoms with Gasteiger partial charge in [-0.15, -0.1) is 0 Å². The molecule has 0 saturated carbocycles. The van der Waals surface area contributed by atoms with Crippen molar-refractivity contribution in [1.29, 1.82) is 5.26 Å². The fourth-order valence-electron chi connectivity index (χ4n) is 5.21. The molecule has 2 aliphatic heterocycles. The van der Waals surface area contributed by atoms with Crippen LogP contribution in [-0.4, -0.2) is 65.9 Å². The van der Waals surface area contributed by atoms with Crippen LogP contribution in [0.3, 0.4) is 0 Å². The summed E-state index contributed by atoms with van der Waals surface area (Å²) in [4.78, 5) is 16.6. The number of nitrogens with zero attached hydrogens (tertiary/aromatic N) is 5. The van der Waals surface area contributed by atoms with E-state index in [1.807, 2.05) is 29.5 Å². The number of amides is 2. The Bertz CT molecular complexity index is 1230. The van der Waals surface area contributed by atoms with Crippen molar-refractivity contribution in [3.63, 3.8) is 0 Å². The van der Waals surface area contributed by atoms with E-state index in [0.717, 1.165) is 66.9 Å². The molecule has 35 heavy (non-hydrogen) atoms. The summed E-state index contributed by atoms with van der Waals surface area (Å²) in [6.45, 7) is 8.67. The Morgan fingerprint density at radius 3 is 2.46 bits per heavy atom. The average Bonchev–Trinajstić information content (AvgIpc) is 3.33. The molecule has 0 bridgehead atoms. The number of fused-ring (bicyclic) bond motifs is 1. The first-order valence-electron chi connectivity index (χ1n) is 12.5. The molecule has 2 fully saturated rings. The van der Waals surface area contributed by atoms with Crippen LogP contribution in [0.5, 0.6) is 0 Å². The monoisotopic (exact) mass is 471 g/mol. The van der Waals surface area contributed by atoms with Crippen LogP contribution in [0.2, 0.25) is 0 Å². The molecule has 182 valence electrons. The summed E-state index contributed by atoms with van der Waals surface area (Å²) in [5.74, 6) is 0. The van der Waals surface area contributed by atoms with Gasteiger partial charge in [-0.25, -0.2) is 9.31 Å². The maximum absolute atomic E-state index is 12.3. The first-order valence-corrected chi connectivity index (χ1v) is 12.5. The van der Waals surface area contributed by atoms with Crippen LogP contribution in [0, 0.1) is 11.3 Å². The zero-order valence-electron chi connectivity index (χ0n) is 20.5. The third-order valence-electron chi connectivity index (χ3n) is 7.25. The van der Waals surface area contributed by atoms with Gasteiger partial charge in [0.15, 0.2) is 0 Å². The largest absolute Gasteiger partial charge is 0.366 e. The minimum Gasteiger partial charge on any atom is -0.366 e. The minimum absolute atomic E-state index is 0.00983. The second kappa shape index (κ2) is 9.59. The molecule has 2 aliphatic rings. The van der Waals surface area contributed by atoms with Crippen LogP contribution >= 0.6 is 0 Å². The molecule has 1 aromatic carbocycles. The number of urea groups is 1. The van der Waals surface area contributed by atoms with E-state index in [1.165, 1.54) is 0 Å². The van der Waals surface area contributed by atoms with Crippen molar-refractivity contribution in [3.8, 4) is 17.2 Å². The van der Waals surface area contributed by atoms with Gasteiger partial charge < -0.3 is 20.4 Å². The summed E-state index contributed by atoms with van der Waals surface area (Å²) in [7, 11) is 0. The molecule has 2 aromatic heterocycles. The molecule has 4 heterocycles. The van der Waals surface area contributed by atoms with Crippen LogP contribution in [0.25, 0.3) is 16.6 Å². The van der Waals surface area contributed by atoms with E-state index in [0.29, 0.717) is 13.1 Å². The smallest absolute Gasteiger partial charge is 0.317 e. The third kappa shape index (κ3) is 4.56. The number of anilines is 1. The van der Waals surface area contributed by atoms with Gasteiger partial charge >= 0.3 is 6.03 Å². The fourth-order valence-corrected chi connectivity index (χ4v) is 5.21. The van der Waals surface area contributed by atoms with Crippen LogP contribution < -0.4 is 15.5 Å². The van der Waals surface area contributed by atoms with Crippen molar-refractivity contribution in [1.82, 2.24) is 25.1 Å². The van der Waals surface area contributed by atoms with Gasteiger partial charge in [-0.05, 0) is 63.0 Å². The van der Waals surface area contributed by atoms with Gasteiger partial charge in [-0.2, -0.15) is 10.4 Å². The number of carbonyl (C=O) groups excluding carboxylic acids is 1.